The summed E-state index contributed by atoms with van der Waals surface area (Å²) in [5.41, 5.74) is 8.01. The molecule has 2 N–H and O–H groups in total. The SMILES string of the molecule is CC1CN(Cc2ccc(N)c(I)c2)CC(C)O1. The lowest BCUT2D eigenvalue weighted by Crippen LogP contribution is -2.44. The van der Waals surface area contributed by atoms with E-state index in [-0.39, 0.29) is 0 Å². The molecule has 17 heavy (non-hydrogen) atoms. The minimum Gasteiger partial charge on any atom is -0.398 e. The van der Waals surface area contributed by atoms with Crippen molar-refractivity contribution in [3.8, 4) is 0 Å². The van der Waals surface area contributed by atoms with E-state index in [0.29, 0.717) is 12.2 Å². The van der Waals surface area contributed by atoms with Crippen molar-refractivity contribution in [1.82, 2.24) is 4.90 Å². The van der Waals surface area contributed by atoms with Crippen LogP contribution >= 0.6 is 22.6 Å². The van der Waals surface area contributed by atoms with Gasteiger partial charge in [0.2, 0.25) is 0 Å². The first kappa shape index (κ1) is 13.1. The summed E-state index contributed by atoms with van der Waals surface area (Å²) in [5, 5.41) is 0. The lowest BCUT2D eigenvalue weighted by atomic mass is 10.1. The molecule has 1 heterocycles. The van der Waals surface area contributed by atoms with Crippen LogP contribution in [0.25, 0.3) is 0 Å². The van der Waals surface area contributed by atoms with E-state index in [1.54, 1.807) is 0 Å². The molecule has 2 unspecified atom stereocenters. The summed E-state index contributed by atoms with van der Waals surface area (Å²) in [5.74, 6) is 0. The molecule has 1 fully saturated rings. The molecule has 2 rings (SSSR count). The molecule has 1 aliphatic rings. The van der Waals surface area contributed by atoms with Crippen LogP contribution < -0.4 is 5.73 Å². The second-order valence-electron chi connectivity index (χ2n) is 4.81. The summed E-state index contributed by atoms with van der Waals surface area (Å²) in [6.45, 7) is 7.26. The largest absolute Gasteiger partial charge is 0.398 e. The van der Waals surface area contributed by atoms with E-state index in [4.69, 9.17) is 10.5 Å². The maximum atomic E-state index is 5.82. The van der Waals surface area contributed by atoms with E-state index in [2.05, 4.69) is 53.5 Å². The molecule has 0 radical (unpaired) electrons. The highest BCUT2D eigenvalue weighted by atomic mass is 127. The lowest BCUT2D eigenvalue weighted by Gasteiger charge is -2.35. The molecule has 0 saturated carbocycles. The third-order valence-corrected chi connectivity index (χ3v) is 3.90. The number of nitrogens with two attached hydrogens (primary N) is 1. The van der Waals surface area contributed by atoms with Gasteiger partial charge in [0.1, 0.15) is 0 Å². The van der Waals surface area contributed by atoms with Crippen LogP contribution in [0.3, 0.4) is 0 Å². The normalized spacial score (nSPS) is 26.1. The van der Waals surface area contributed by atoms with Crippen LogP contribution in [0, 0.1) is 3.57 Å². The van der Waals surface area contributed by atoms with Crippen LogP contribution in [0.5, 0.6) is 0 Å². The van der Waals surface area contributed by atoms with Gasteiger partial charge in [-0.25, -0.2) is 0 Å². The van der Waals surface area contributed by atoms with Gasteiger partial charge in [0, 0.05) is 28.9 Å². The van der Waals surface area contributed by atoms with Crippen molar-refractivity contribution in [3.63, 3.8) is 0 Å². The van der Waals surface area contributed by atoms with Gasteiger partial charge in [-0.1, -0.05) is 6.07 Å². The molecule has 94 valence electrons. The van der Waals surface area contributed by atoms with Gasteiger partial charge in [-0.05, 0) is 54.1 Å². The Labute approximate surface area is 116 Å². The van der Waals surface area contributed by atoms with Gasteiger partial charge in [-0.3, -0.25) is 4.90 Å². The van der Waals surface area contributed by atoms with Gasteiger partial charge < -0.3 is 10.5 Å². The smallest absolute Gasteiger partial charge is 0.0678 e. The van der Waals surface area contributed by atoms with Crippen LogP contribution in [0.4, 0.5) is 5.69 Å². The highest BCUT2D eigenvalue weighted by Gasteiger charge is 2.21. The van der Waals surface area contributed by atoms with Crippen LogP contribution in [0.1, 0.15) is 19.4 Å². The van der Waals surface area contributed by atoms with Crippen LogP contribution in [0.15, 0.2) is 18.2 Å². The Morgan fingerprint density at radius 2 is 2.00 bits per heavy atom. The fraction of sp³-hybridized carbons (Fsp3) is 0.538. The molecule has 0 aliphatic carbocycles. The predicted molar refractivity (Wildman–Crippen MR) is 78.9 cm³/mol. The van der Waals surface area contributed by atoms with Crippen molar-refractivity contribution < 1.29 is 4.74 Å². The van der Waals surface area contributed by atoms with Crippen molar-refractivity contribution in [1.29, 1.82) is 0 Å². The fourth-order valence-electron chi connectivity index (χ4n) is 2.34. The van der Waals surface area contributed by atoms with E-state index < -0.39 is 0 Å². The first-order chi connectivity index (χ1) is 8.04. The van der Waals surface area contributed by atoms with Crippen molar-refractivity contribution >= 4 is 28.3 Å². The number of ether oxygens (including phenoxy) is 1. The highest BCUT2D eigenvalue weighted by molar-refractivity contribution is 14.1. The molecule has 1 aromatic carbocycles. The monoisotopic (exact) mass is 346 g/mol. The fourth-order valence-corrected chi connectivity index (χ4v) is 2.92. The molecule has 1 aliphatic heterocycles. The number of benzene rings is 1. The van der Waals surface area contributed by atoms with E-state index >= 15 is 0 Å². The Hall–Kier alpha value is -0.330. The molecule has 1 saturated heterocycles. The number of hydrogen-bond donors (Lipinski definition) is 1. The van der Waals surface area contributed by atoms with E-state index in [1.165, 1.54) is 5.56 Å². The molecule has 3 nitrogen and oxygen atoms in total. The zero-order chi connectivity index (χ0) is 12.4. The summed E-state index contributed by atoms with van der Waals surface area (Å²) in [6.07, 6.45) is 0.651. The molecular weight excluding hydrogens is 327 g/mol. The average molecular weight is 346 g/mol. The molecule has 1 aromatic rings. The second-order valence-corrected chi connectivity index (χ2v) is 5.97. The van der Waals surface area contributed by atoms with Gasteiger partial charge in [-0.15, -0.1) is 0 Å². The summed E-state index contributed by atoms with van der Waals surface area (Å²) in [7, 11) is 0. The average Bonchev–Trinajstić information content (AvgIpc) is 2.22. The van der Waals surface area contributed by atoms with E-state index in [9.17, 15) is 0 Å². The number of nitrogen functional groups attached to an aromatic ring is 1. The molecule has 0 aromatic heterocycles. The van der Waals surface area contributed by atoms with Gasteiger partial charge in [0.25, 0.3) is 0 Å². The highest BCUT2D eigenvalue weighted by Crippen LogP contribution is 2.19. The third kappa shape index (κ3) is 3.56. The molecule has 0 amide bonds. The minimum atomic E-state index is 0.326. The van der Waals surface area contributed by atoms with E-state index in [0.717, 1.165) is 28.9 Å². The third-order valence-electron chi connectivity index (χ3n) is 2.97. The van der Waals surface area contributed by atoms with Crippen LogP contribution in [0.2, 0.25) is 0 Å². The maximum absolute atomic E-state index is 5.82. The zero-order valence-electron chi connectivity index (χ0n) is 10.3. The number of halogens is 1. The van der Waals surface area contributed by atoms with E-state index in [1.807, 2.05) is 6.07 Å². The summed E-state index contributed by atoms with van der Waals surface area (Å²) < 4.78 is 6.87. The number of morpholine rings is 1. The minimum absolute atomic E-state index is 0.326. The Morgan fingerprint density at radius 3 is 2.59 bits per heavy atom. The lowest BCUT2D eigenvalue weighted by molar-refractivity contribution is -0.0704. The predicted octanol–water partition coefficient (Wildman–Crippen LogP) is 2.48. The summed E-state index contributed by atoms with van der Waals surface area (Å²) >= 11 is 2.28. The van der Waals surface area contributed by atoms with Gasteiger partial charge in [0.05, 0.1) is 12.2 Å². The molecule has 4 heteroatoms. The molecular formula is C13H19IN2O. The Kier molecular flexibility index (Phi) is 4.27. The second kappa shape index (κ2) is 5.54. The first-order valence-corrected chi connectivity index (χ1v) is 7.04. The van der Waals surface area contributed by atoms with Crippen molar-refractivity contribution in [2.45, 2.75) is 32.6 Å². The number of anilines is 1. The van der Waals surface area contributed by atoms with Gasteiger partial charge in [-0.2, -0.15) is 0 Å². The van der Waals surface area contributed by atoms with Crippen LogP contribution in [-0.4, -0.2) is 30.2 Å². The van der Waals surface area contributed by atoms with Gasteiger partial charge >= 0.3 is 0 Å². The van der Waals surface area contributed by atoms with Gasteiger partial charge in [0.15, 0.2) is 0 Å². The van der Waals surface area contributed by atoms with Crippen molar-refractivity contribution in [2.24, 2.45) is 0 Å². The summed E-state index contributed by atoms with van der Waals surface area (Å²) in [4.78, 5) is 2.44. The topological polar surface area (TPSA) is 38.5 Å². The summed E-state index contributed by atoms with van der Waals surface area (Å²) in [6, 6.07) is 6.27. The Bertz CT molecular complexity index is 387. The number of nitrogens with zero attached hydrogens (tertiary/aromatic N) is 1. The van der Waals surface area contributed by atoms with Crippen LogP contribution in [-0.2, 0) is 11.3 Å². The van der Waals surface area contributed by atoms with Crippen molar-refractivity contribution in [2.75, 3.05) is 18.8 Å². The maximum Gasteiger partial charge on any atom is 0.0678 e. The zero-order valence-corrected chi connectivity index (χ0v) is 12.5. The molecule has 2 atom stereocenters. The number of hydrogen-bond acceptors (Lipinski definition) is 3. The molecule has 0 spiro atoms. The standard InChI is InChI=1S/C13H19IN2O/c1-9-6-16(7-10(2)17-9)8-11-3-4-13(15)12(14)5-11/h3-5,9-10H,6-8,15H2,1-2H3. The Balaban J connectivity index is 2.02. The molecule has 0 bridgehead atoms. The van der Waals surface area contributed by atoms with Crippen molar-refractivity contribution in [3.05, 3.63) is 27.3 Å². The quantitative estimate of drug-likeness (QED) is 0.661. The Morgan fingerprint density at radius 1 is 1.35 bits per heavy atom. The first-order valence-electron chi connectivity index (χ1n) is 5.96. The number of rotatable bonds is 2.